The van der Waals surface area contributed by atoms with E-state index in [1.54, 1.807) is 23.4 Å². The van der Waals surface area contributed by atoms with E-state index in [9.17, 15) is 0 Å². The molecule has 0 bridgehead atoms. The zero-order valence-electron chi connectivity index (χ0n) is 8.36. The van der Waals surface area contributed by atoms with Gasteiger partial charge in [-0.1, -0.05) is 24.3 Å². The summed E-state index contributed by atoms with van der Waals surface area (Å²) in [6.45, 7) is 0. The van der Waals surface area contributed by atoms with Crippen LogP contribution in [0.15, 0.2) is 29.4 Å². The first kappa shape index (κ1) is 10.2. The molecule has 4 heteroatoms. The van der Waals surface area contributed by atoms with Crippen molar-refractivity contribution in [3.8, 4) is 0 Å². The highest BCUT2D eigenvalue weighted by molar-refractivity contribution is 5.95. The Morgan fingerprint density at radius 2 is 1.93 bits per heavy atom. The number of nitrogen functional groups attached to an aromatic ring is 1. The van der Waals surface area contributed by atoms with Crippen LogP contribution in [0.5, 0.6) is 0 Å². The van der Waals surface area contributed by atoms with Crippen LogP contribution in [0.3, 0.4) is 0 Å². The van der Waals surface area contributed by atoms with Gasteiger partial charge in [0.05, 0.1) is 6.21 Å². The standard InChI is InChI=1S/C10H14N4/c1-14(2)13-7-8-3-5-9(6-4-8)10(11)12/h3-7H,1-2H3,(H3,11,12)/b13-7-. The van der Waals surface area contributed by atoms with E-state index in [4.69, 9.17) is 11.1 Å². The lowest BCUT2D eigenvalue weighted by molar-refractivity contribution is 0.440. The molecule has 0 atom stereocenters. The van der Waals surface area contributed by atoms with Gasteiger partial charge in [-0.2, -0.15) is 5.10 Å². The second-order valence-electron chi connectivity index (χ2n) is 3.13. The molecule has 14 heavy (non-hydrogen) atoms. The molecular formula is C10H14N4. The van der Waals surface area contributed by atoms with Crippen LogP contribution in [0.25, 0.3) is 0 Å². The normalized spacial score (nSPS) is 10.4. The number of hydrogen-bond donors (Lipinski definition) is 2. The lowest BCUT2D eigenvalue weighted by Gasteiger charge is -2.02. The second kappa shape index (κ2) is 4.41. The summed E-state index contributed by atoms with van der Waals surface area (Å²) < 4.78 is 0. The van der Waals surface area contributed by atoms with Crippen molar-refractivity contribution < 1.29 is 0 Å². The number of benzene rings is 1. The van der Waals surface area contributed by atoms with Gasteiger partial charge in [0.2, 0.25) is 0 Å². The molecule has 0 fully saturated rings. The highest BCUT2D eigenvalue weighted by Crippen LogP contribution is 2.01. The molecule has 1 rings (SSSR count). The van der Waals surface area contributed by atoms with Crippen LogP contribution >= 0.6 is 0 Å². The molecule has 0 amide bonds. The van der Waals surface area contributed by atoms with Gasteiger partial charge < -0.3 is 10.7 Å². The summed E-state index contributed by atoms with van der Waals surface area (Å²) in [5.41, 5.74) is 7.05. The van der Waals surface area contributed by atoms with Gasteiger partial charge in [0, 0.05) is 19.7 Å². The topological polar surface area (TPSA) is 65.5 Å². The molecule has 3 N–H and O–H groups in total. The monoisotopic (exact) mass is 190 g/mol. The van der Waals surface area contributed by atoms with Crippen LogP contribution in [0, 0.1) is 5.41 Å². The maximum atomic E-state index is 7.21. The Labute approximate surface area is 83.5 Å². The van der Waals surface area contributed by atoms with E-state index in [1.807, 2.05) is 26.2 Å². The SMILES string of the molecule is CN(C)/N=C\c1ccc(C(=N)N)cc1. The number of rotatable bonds is 3. The Bertz CT molecular complexity index is 338. The minimum Gasteiger partial charge on any atom is -0.384 e. The molecule has 0 radical (unpaired) electrons. The van der Waals surface area contributed by atoms with Gasteiger partial charge >= 0.3 is 0 Å². The highest BCUT2D eigenvalue weighted by atomic mass is 15.4. The summed E-state index contributed by atoms with van der Waals surface area (Å²) in [6.07, 6.45) is 1.75. The average Bonchev–Trinajstić information content (AvgIpc) is 2.15. The molecule has 4 nitrogen and oxygen atoms in total. The highest BCUT2D eigenvalue weighted by Gasteiger charge is 1.94. The molecule has 0 aliphatic heterocycles. The smallest absolute Gasteiger partial charge is 0.122 e. The first-order valence-corrected chi connectivity index (χ1v) is 4.25. The van der Waals surface area contributed by atoms with E-state index in [-0.39, 0.29) is 5.84 Å². The van der Waals surface area contributed by atoms with Crippen LogP contribution < -0.4 is 5.73 Å². The van der Waals surface area contributed by atoms with E-state index in [0.717, 1.165) is 11.1 Å². The predicted molar refractivity (Wildman–Crippen MR) is 58.7 cm³/mol. The summed E-state index contributed by atoms with van der Waals surface area (Å²) in [5.74, 6) is 0.0844. The van der Waals surface area contributed by atoms with Gasteiger partial charge in [0.25, 0.3) is 0 Å². The third-order valence-electron chi connectivity index (χ3n) is 1.66. The molecule has 74 valence electrons. The van der Waals surface area contributed by atoms with Crippen LogP contribution in [-0.4, -0.2) is 31.2 Å². The van der Waals surface area contributed by atoms with Crippen molar-refractivity contribution in [2.45, 2.75) is 0 Å². The minimum absolute atomic E-state index is 0.0844. The van der Waals surface area contributed by atoms with Crippen molar-refractivity contribution in [3.05, 3.63) is 35.4 Å². The van der Waals surface area contributed by atoms with Crippen molar-refractivity contribution in [1.29, 1.82) is 5.41 Å². The molecule has 0 heterocycles. The summed E-state index contributed by atoms with van der Waals surface area (Å²) in [4.78, 5) is 0. The third-order valence-corrected chi connectivity index (χ3v) is 1.66. The molecule has 1 aromatic rings. The van der Waals surface area contributed by atoms with Crippen LogP contribution in [-0.2, 0) is 0 Å². The Hall–Kier alpha value is -1.84. The zero-order chi connectivity index (χ0) is 10.6. The van der Waals surface area contributed by atoms with Gasteiger partial charge in [-0.05, 0) is 5.56 Å². The zero-order valence-corrected chi connectivity index (χ0v) is 8.36. The Balaban J connectivity index is 2.78. The molecule has 0 saturated heterocycles. The largest absolute Gasteiger partial charge is 0.384 e. The quantitative estimate of drug-likeness (QED) is 0.422. The molecule has 0 aliphatic rings. The third kappa shape index (κ3) is 2.90. The summed E-state index contributed by atoms with van der Waals surface area (Å²) in [5, 5.41) is 13.0. The van der Waals surface area contributed by atoms with E-state index >= 15 is 0 Å². The fraction of sp³-hybridized carbons (Fsp3) is 0.200. The number of nitrogens with two attached hydrogens (primary N) is 1. The lowest BCUT2D eigenvalue weighted by atomic mass is 10.1. The Morgan fingerprint density at radius 3 is 2.36 bits per heavy atom. The molecule has 0 aromatic heterocycles. The van der Waals surface area contributed by atoms with E-state index < -0.39 is 0 Å². The summed E-state index contributed by atoms with van der Waals surface area (Å²) in [7, 11) is 3.72. The number of nitrogens with zero attached hydrogens (tertiary/aromatic N) is 2. The van der Waals surface area contributed by atoms with Crippen molar-refractivity contribution >= 4 is 12.1 Å². The van der Waals surface area contributed by atoms with Crippen LogP contribution in [0.2, 0.25) is 0 Å². The maximum Gasteiger partial charge on any atom is 0.122 e. The maximum absolute atomic E-state index is 7.21. The summed E-state index contributed by atoms with van der Waals surface area (Å²) in [6, 6.07) is 7.37. The minimum atomic E-state index is 0.0844. The number of amidine groups is 1. The average molecular weight is 190 g/mol. The van der Waals surface area contributed by atoms with Gasteiger partial charge in [-0.25, -0.2) is 0 Å². The fourth-order valence-electron chi connectivity index (χ4n) is 0.931. The lowest BCUT2D eigenvalue weighted by Crippen LogP contribution is -2.10. The molecule has 0 aliphatic carbocycles. The van der Waals surface area contributed by atoms with Crippen molar-refractivity contribution in [2.24, 2.45) is 10.8 Å². The Kier molecular flexibility index (Phi) is 3.23. The number of hydrogen-bond acceptors (Lipinski definition) is 3. The van der Waals surface area contributed by atoms with Crippen LogP contribution in [0.1, 0.15) is 11.1 Å². The van der Waals surface area contributed by atoms with E-state index in [0.29, 0.717) is 0 Å². The predicted octanol–water partition coefficient (Wildman–Crippen LogP) is 0.866. The Morgan fingerprint density at radius 1 is 1.36 bits per heavy atom. The number of hydrazone groups is 1. The molecular weight excluding hydrogens is 176 g/mol. The van der Waals surface area contributed by atoms with E-state index in [1.165, 1.54) is 0 Å². The molecule has 0 unspecified atom stereocenters. The summed E-state index contributed by atoms with van der Waals surface area (Å²) >= 11 is 0. The fourth-order valence-corrected chi connectivity index (χ4v) is 0.931. The van der Waals surface area contributed by atoms with Crippen molar-refractivity contribution in [3.63, 3.8) is 0 Å². The second-order valence-corrected chi connectivity index (χ2v) is 3.13. The van der Waals surface area contributed by atoms with Gasteiger partial charge in [-0.3, -0.25) is 5.41 Å². The van der Waals surface area contributed by atoms with Crippen LogP contribution in [0.4, 0.5) is 0 Å². The first-order valence-electron chi connectivity index (χ1n) is 4.25. The first-order chi connectivity index (χ1) is 6.59. The van der Waals surface area contributed by atoms with E-state index in [2.05, 4.69) is 5.10 Å². The molecule has 0 spiro atoms. The van der Waals surface area contributed by atoms with Gasteiger partial charge in [-0.15, -0.1) is 0 Å². The molecule has 0 saturated carbocycles. The van der Waals surface area contributed by atoms with Gasteiger partial charge in [0.1, 0.15) is 5.84 Å². The van der Waals surface area contributed by atoms with Crippen molar-refractivity contribution in [2.75, 3.05) is 14.1 Å². The van der Waals surface area contributed by atoms with Crippen molar-refractivity contribution in [1.82, 2.24) is 5.01 Å². The van der Waals surface area contributed by atoms with Gasteiger partial charge in [0.15, 0.2) is 0 Å². The molecule has 1 aromatic carbocycles. The number of nitrogens with one attached hydrogen (secondary N) is 1.